The minimum absolute atomic E-state index is 0.164. The van der Waals surface area contributed by atoms with Crippen LogP contribution in [0.5, 0.6) is 5.75 Å². The van der Waals surface area contributed by atoms with Crippen molar-refractivity contribution in [2.45, 2.75) is 18.9 Å². The van der Waals surface area contributed by atoms with Gasteiger partial charge >= 0.3 is 0 Å². The van der Waals surface area contributed by atoms with Crippen LogP contribution in [-0.2, 0) is 12.0 Å². The third kappa shape index (κ3) is 2.54. The molecule has 0 radical (unpaired) electrons. The zero-order chi connectivity index (χ0) is 13.0. The molecule has 0 fully saturated rings. The molecule has 4 heteroatoms. The van der Waals surface area contributed by atoms with Gasteiger partial charge in [0.05, 0.1) is 12.6 Å². The molecule has 96 valence electrons. The molecule has 1 heterocycles. The van der Waals surface area contributed by atoms with E-state index in [2.05, 4.69) is 23.3 Å². The molecule has 1 unspecified atom stereocenters. The molecule has 0 aliphatic carbocycles. The topological polar surface area (TPSA) is 34.1 Å². The van der Waals surface area contributed by atoms with Gasteiger partial charge in [0.25, 0.3) is 0 Å². The number of methoxy groups -OCH3 is 1. The van der Waals surface area contributed by atoms with Gasteiger partial charge in [0.2, 0.25) is 0 Å². The molecule has 1 aromatic carbocycles. The van der Waals surface area contributed by atoms with Crippen LogP contribution in [0.2, 0.25) is 0 Å². The van der Waals surface area contributed by atoms with Gasteiger partial charge in [-0.15, -0.1) is 11.3 Å². The van der Waals surface area contributed by atoms with Gasteiger partial charge < -0.3 is 10.1 Å². The summed E-state index contributed by atoms with van der Waals surface area (Å²) in [6.07, 6.45) is 2.69. The number of nitrogens with one attached hydrogen (secondary N) is 1. The molecule has 1 atom stereocenters. The molecule has 3 nitrogen and oxygen atoms in total. The molecule has 0 aliphatic rings. The van der Waals surface area contributed by atoms with E-state index in [-0.39, 0.29) is 5.54 Å². The minimum Gasteiger partial charge on any atom is -0.496 e. The normalized spacial score (nSPS) is 14.2. The molecule has 1 N–H and O–H groups in total. The Morgan fingerprint density at radius 1 is 1.39 bits per heavy atom. The van der Waals surface area contributed by atoms with E-state index >= 15 is 0 Å². The summed E-state index contributed by atoms with van der Waals surface area (Å²) in [4.78, 5) is 4.43. The first-order valence-corrected chi connectivity index (χ1v) is 6.78. The Bertz CT molecular complexity index is 498. The summed E-state index contributed by atoms with van der Waals surface area (Å²) in [7, 11) is 3.68. The molecule has 0 bridgehead atoms. The van der Waals surface area contributed by atoms with Crippen LogP contribution >= 0.6 is 11.3 Å². The van der Waals surface area contributed by atoms with Crippen LogP contribution in [0, 0.1) is 0 Å². The third-order valence-corrected chi connectivity index (χ3v) is 4.23. The second-order valence-electron chi connectivity index (χ2n) is 4.41. The van der Waals surface area contributed by atoms with Crippen molar-refractivity contribution in [1.29, 1.82) is 0 Å². The number of thiazole rings is 1. The van der Waals surface area contributed by atoms with Crippen molar-refractivity contribution in [3.63, 3.8) is 0 Å². The van der Waals surface area contributed by atoms with E-state index in [9.17, 15) is 0 Å². The minimum atomic E-state index is -0.164. The molecule has 18 heavy (non-hydrogen) atoms. The summed E-state index contributed by atoms with van der Waals surface area (Å²) in [5, 5.41) is 6.47. The average molecular weight is 262 g/mol. The van der Waals surface area contributed by atoms with Crippen molar-refractivity contribution >= 4 is 11.3 Å². The average Bonchev–Trinajstić information content (AvgIpc) is 2.94. The van der Waals surface area contributed by atoms with E-state index in [1.54, 1.807) is 18.4 Å². The van der Waals surface area contributed by atoms with E-state index in [1.807, 2.05) is 36.8 Å². The third-order valence-electron chi connectivity index (χ3n) is 3.19. The maximum Gasteiger partial charge on any atom is 0.122 e. The van der Waals surface area contributed by atoms with Crippen LogP contribution in [0.25, 0.3) is 0 Å². The van der Waals surface area contributed by atoms with Crippen LogP contribution in [0.15, 0.2) is 35.8 Å². The number of hydrogen-bond donors (Lipinski definition) is 1. The smallest absolute Gasteiger partial charge is 0.122 e. The Labute approximate surface area is 112 Å². The van der Waals surface area contributed by atoms with Gasteiger partial charge in [-0.25, -0.2) is 4.98 Å². The molecule has 2 aromatic rings. The highest BCUT2D eigenvalue weighted by molar-refractivity contribution is 7.09. The number of ether oxygens (including phenoxy) is 1. The monoisotopic (exact) mass is 262 g/mol. The lowest BCUT2D eigenvalue weighted by Gasteiger charge is -2.27. The van der Waals surface area contributed by atoms with Crippen molar-refractivity contribution in [1.82, 2.24) is 10.3 Å². The lowest BCUT2D eigenvalue weighted by molar-refractivity contribution is 0.372. The van der Waals surface area contributed by atoms with Crippen LogP contribution in [0.3, 0.4) is 0 Å². The van der Waals surface area contributed by atoms with Gasteiger partial charge in [-0.3, -0.25) is 0 Å². The Kier molecular flexibility index (Phi) is 3.99. The predicted molar refractivity (Wildman–Crippen MR) is 75.2 cm³/mol. The summed E-state index contributed by atoms with van der Waals surface area (Å²) in [6, 6.07) is 8.12. The summed E-state index contributed by atoms with van der Waals surface area (Å²) >= 11 is 1.67. The highest BCUT2D eigenvalue weighted by Gasteiger charge is 2.28. The number of likely N-dealkylation sites (N-methyl/N-ethyl adjacent to an activating group) is 1. The van der Waals surface area contributed by atoms with Crippen molar-refractivity contribution in [3.8, 4) is 5.75 Å². The van der Waals surface area contributed by atoms with Gasteiger partial charge in [-0.1, -0.05) is 18.2 Å². The second-order valence-corrected chi connectivity index (χ2v) is 5.30. The summed E-state index contributed by atoms with van der Waals surface area (Å²) in [5.41, 5.74) is 1.02. The van der Waals surface area contributed by atoms with Crippen molar-refractivity contribution in [2.24, 2.45) is 0 Å². The molecule has 0 aliphatic heterocycles. The fourth-order valence-electron chi connectivity index (χ4n) is 2.00. The molecule has 1 aromatic heterocycles. The summed E-state index contributed by atoms with van der Waals surface area (Å²) < 4.78 is 5.41. The van der Waals surface area contributed by atoms with E-state index in [0.717, 1.165) is 17.2 Å². The fraction of sp³-hybridized carbons (Fsp3) is 0.357. The van der Waals surface area contributed by atoms with Gasteiger partial charge in [-0.2, -0.15) is 0 Å². The van der Waals surface area contributed by atoms with Gasteiger partial charge in [0.15, 0.2) is 0 Å². The molecule has 0 saturated carbocycles. The maximum absolute atomic E-state index is 5.41. The Balaban J connectivity index is 2.31. The highest BCUT2D eigenvalue weighted by atomic mass is 32.1. The molecule has 0 saturated heterocycles. The lowest BCUT2D eigenvalue weighted by atomic mass is 9.93. The fourth-order valence-corrected chi connectivity index (χ4v) is 2.80. The summed E-state index contributed by atoms with van der Waals surface area (Å²) in [6.45, 7) is 2.16. The second kappa shape index (κ2) is 5.50. The number of aromatic nitrogens is 1. The first-order chi connectivity index (χ1) is 8.69. The Morgan fingerprint density at radius 3 is 2.78 bits per heavy atom. The molecule has 0 amide bonds. The Hall–Kier alpha value is -1.39. The molecule has 0 spiro atoms. The number of rotatable bonds is 5. The quantitative estimate of drug-likeness (QED) is 0.899. The number of para-hydroxylation sites is 1. The standard InChI is InChI=1S/C14H18N2OS/c1-14(15-2,13-16-8-9-18-13)10-11-6-4-5-7-12(11)17-3/h4-9,15H,10H2,1-3H3. The number of nitrogens with zero attached hydrogens (tertiary/aromatic N) is 1. The first kappa shape index (κ1) is 13.1. The molecular formula is C14H18N2OS. The van der Waals surface area contributed by atoms with Gasteiger partial charge in [0.1, 0.15) is 10.8 Å². The first-order valence-electron chi connectivity index (χ1n) is 5.90. The maximum atomic E-state index is 5.41. The van der Waals surface area contributed by atoms with E-state index in [0.29, 0.717) is 0 Å². The van der Waals surface area contributed by atoms with Crippen molar-refractivity contribution < 1.29 is 4.74 Å². The van der Waals surface area contributed by atoms with E-state index in [1.165, 1.54) is 5.56 Å². The van der Waals surface area contributed by atoms with E-state index in [4.69, 9.17) is 4.74 Å². The lowest BCUT2D eigenvalue weighted by Crippen LogP contribution is -2.39. The van der Waals surface area contributed by atoms with Crippen molar-refractivity contribution in [2.75, 3.05) is 14.2 Å². The number of hydrogen-bond acceptors (Lipinski definition) is 4. The predicted octanol–water partition coefficient (Wildman–Crippen LogP) is 2.83. The van der Waals surface area contributed by atoms with Crippen LogP contribution < -0.4 is 10.1 Å². The van der Waals surface area contributed by atoms with Crippen LogP contribution in [0.1, 0.15) is 17.5 Å². The van der Waals surface area contributed by atoms with Crippen LogP contribution in [-0.4, -0.2) is 19.1 Å². The zero-order valence-corrected chi connectivity index (χ0v) is 11.8. The molecule has 2 rings (SSSR count). The zero-order valence-electron chi connectivity index (χ0n) is 10.9. The molecular weight excluding hydrogens is 244 g/mol. The van der Waals surface area contributed by atoms with Crippen molar-refractivity contribution in [3.05, 3.63) is 46.4 Å². The number of benzene rings is 1. The summed E-state index contributed by atoms with van der Waals surface area (Å²) in [5.74, 6) is 0.926. The van der Waals surface area contributed by atoms with Gasteiger partial charge in [0, 0.05) is 18.0 Å². The SMILES string of the molecule is CNC(C)(Cc1ccccc1OC)c1nccs1. The Morgan fingerprint density at radius 2 is 2.17 bits per heavy atom. The van der Waals surface area contributed by atoms with Gasteiger partial charge in [-0.05, 0) is 25.6 Å². The highest BCUT2D eigenvalue weighted by Crippen LogP contribution is 2.30. The van der Waals surface area contributed by atoms with E-state index < -0.39 is 0 Å². The van der Waals surface area contributed by atoms with Crippen LogP contribution in [0.4, 0.5) is 0 Å². The largest absolute Gasteiger partial charge is 0.496 e.